The number of hydrogen-bond acceptors (Lipinski definition) is 3. The molecular weight excluding hydrogens is 527 g/mol. The second-order valence-corrected chi connectivity index (χ2v) is 8.52. The largest absolute Gasteiger partial charge is 0.497 e. The fourth-order valence-corrected chi connectivity index (χ4v) is 3.72. The minimum Gasteiger partial charge on any atom is -0.497 e. The van der Waals surface area contributed by atoms with Crippen molar-refractivity contribution in [2.24, 2.45) is 0 Å². The van der Waals surface area contributed by atoms with Crippen LogP contribution in [0.5, 0.6) is 5.75 Å². The van der Waals surface area contributed by atoms with Crippen LogP contribution in [0.25, 0.3) is 16.8 Å². The summed E-state index contributed by atoms with van der Waals surface area (Å²) in [6.45, 7) is 0. The molecule has 33 heavy (non-hydrogen) atoms. The lowest BCUT2D eigenvalue weighted by Crippen LogP contribution is -2.30. The Balaban J connectivity index is 1.69. The van der Waals surface area contributed by atoms with Gasteiger partial charge in [-0.3, -0.25) is 9.59 Å². The van der Waals surface area contributed by atoms with Gasteiger partial charge in [-0.1, -0.05) is 42.5 Å². The zero-order valence-corrected chi connectivity index (χ0v) is 20.0. The van der Waals surface area contributed by atoms with Crippen LogP contribution in [0.3, 0.4) is 0 Å². The maximum absolute atomic E-state index is 13.2. The molecule has 4 aromatic rings. The minimum absolute atomic E-state index is 0.144. The summed E-state index contributed by atoms with van der Waals surface area (Å²) in [5, 5.41) is 7.68. The second kappa shape index (κ2) is 10.3. The topological polar surface area (TPSA) is 67.4 Å². The van der Waals surface area contributed by atoms with Crippen molar-refractivity contribution < 1.29 is 14.3 Å². The van der Waals surface area contributed by atoms with Crippen LogP contribution in [-0.4, -0.2) is 18.9 Å². The summed E-state index contributed by atoms with van der Waals surface area (Å²) in [6, 6.07) is 27.9. The van der Waals surface area contributed by atoms with Gasteiger partial charge in [-0.05, 0) is 93.5 Å². The van der Waals surface area contributed by atoms with Crippen LogP contribution in [0.15, 0.2) is 96.7 Å². The van der Waals surface area contributed by atoms with Crippen LogP contribution in [0, 0.1) is 3.57 Å². The number of amides is 2. The molecule has 0 atom stereocenters. The molecule has 2 amide bonds. The van der Waals surface area contributed by atoms with Crippen LogP contribution in [0.2, 0.25) is 0 Å². The Kier molecular flexibility index (Phi) is 7.04. The molecule has 0 aliphatic heterocycles. The zero-order chi connectivity index (χ0) is 23.2. The average molecular weight is 548 g/mol. The molecule has 0 unspecified atom stereocenters. The lowest BCUT2D eigenvalue weighted by atomic mass is 10.0. The Morgan fingerprint density at radius 1 is 0.848 bits per heavy atom. The number of anilines is 1. The van der Waals surface area contributed by atoms with Crippen molar-refractivity contribution in [3.8, 4) is 5.75 Å². The van der Waals surface area contributed by atoms with Crippen LogP contribution < -0.4 is 15.4 Å². The van der Waals surface area contributed by atoms with Gasteiger partial charge < -0.3 is 15.4 Å². The Morgan fingerprint density at radius 3 is 2.27 bits per heavy atom. The second-order valence-electron chi connectivity index (χ2n) is 7.27. The first-order valence-electron chi connectivity index (χ1n) is 10.3. The number of benzene rings is 4. The molecule has 0 saturated heterocycles. The third-order valence-corrected chi connectivity index (χ3v) is 5.79. The van der Waals surface area contributed by atoms with Gasteiger partial charge in [0.1, 0.15) is 11.4 Å². The van der Waals surface area contributed by atoms with Crippen molar-refractivity contribution in [2.45, 2.75) is 0 Å². The average Bonchev–Trinajstić information content (AvgIpc) is 2.85. The SMILES string of the molecule is COc1ccc(C(=O)N/C(=C/c2cccc3ccccc23)C(=O)Nc2ccc(I)cc2)cc1. The number of ether oxygens (including phenoxy) is 1. The maximum Gasteiger partial charge on any atom is 0.272 e. The summed E-state index contributed by atoms with van der Waals surface area (Å²) >= 11 is 2.20. The van der Waals surface area contributed by atoms with Crippen molar-refractivity contribution in [3.63, 3.8) is 0 Å². The van der Waals surface area contributed by atoms with Crippen LogP contribution >= 0.6 is 22.6 Å². The summed E-state index contributed by atoms with van der Waals surface area (Å²) in [5.41, 5.74) is 2.03. The number of carbonyl (C=O) groups excluding carboxylic acids is 2. The molecule has 0 radical (unpaired) electrons. The number of hydrogen-bond donors (Lipinski definition) is 2. The summed E-state index contributed by atoms with van der Waals surface area (Å²) in [4.78, 5) is 26.1. The molecule has 0 aliphatic carbocycles. The molecule has 0 fully saturated rings. The first kappa shape index (κ1) is 22.5. The van der Waals surface area contributed by atoms with E-state index in [9.17, 15) is 9.59 Å². The van der Waals surface area contributed by atoms with E-state index >= 15 is 0 Å². The predicted molar refractivity (Wildman–Crippen MR) is 140 cm³/mol. The highest BCUT2D eigenvalue weighted by Crippen LogP contribution is 2.21. The molecular formula is C27H21IN2O3. The molecule has 0 aliphatic rings. The molecule has 4 rings (SSSR count). The number of carbonyl (C=O) groups is 2. The van der Waals surface area contributed by atoms with Crippen LogP contribution in [0.1, 0.15) is 15.9 Å². The number of nitrogens with one attached hydrogen (secondary N) is 2. The number of fused-ring (bicyclic) bond motifs is 1. The van der Waals surface area contributed by atoms with E-state index in [0.717, 1.165) is 19.9 Å². The van der Waals surface area contributed by atoms with E-state index in [1.165, 1.54) is 0 Å². The third-order valence-electron chi connectivity index (χ3n) is 5.07. The van der Waals surface area contributed by atoms with E-state index in [1.54, 1.807) is 37.5 Å². The fraction of sp³-hybridized carbons (Fsp3) is 0.0370. The van der Waals surface area contributed by atoms with Gasteiger partial charge in [0.2, 0.25) is 0 Å². The standard InChI is InChI=1S/C27H21IN2O3/c1-33-23-15-9-19(10-16-23)26(31)30-25(27(32)29-22-13-11-21(28)12-14-22)17-20-7-4-6-18-5-2-3-8-24(18)20/h2-17H,1H3,(H,29,32)(H,30,31)/b25-17+. The quantitative estimate of drug-likeness (QED) is 0.234. The van der Waals surface area contributed by atoms with E-state index in [0.29, 0.717) is 17.0 Å². The van der Waals surface area contributed by atoms with Gasteiger partial charge >= 0.3 is 0 Å². The lowest BCUT2D eigenvalue weighted by molar-refractivity contribution is -0.113. The molecule has 2 N–H and O–H groups in total. The smallest absolute Gasteiger partial charge is 0.272 e. The van der Waals surface area contributed by atoms with Gasteiger partial charge in [0, 0.05) is 14.8 Å². The van der Waals surface area contributed by atoms with Gasteiger partial charge in [-0.25, -0.2) is 0 Å². The van der Waals surface area contributed by atoms with Crippen LogP contribution in [0.4, 0.5) is 5.69 Å². The summed E-state index contributed by atoms with van der Waals surface area (Å²) in [6.07, 6.45) is 1.70. The summed E-state index contributed by atoms with van der Waals surface area (Å²) in [5.74, 6) is -0.151. The first-order valence-corrected chi connectivity index (χ1v) is 11.3. The van der Waals surface area contributed by atoms with Gasteiger partial charge in [0.05, 0.1) is 7.11 Å². The normalized spacial score (nSPS) is 11.2. The van der Waals surface area contributed by atoms with Crippen molar-refractivity contribution in [3.05, 3.63) is 111 Å². The molecule has 0 spiro atoms. The van der Waals surface area contributed by atoms with E-state index in [1.807, 2.05) is 66.7 Å². The fourth-order valence-electron chi connectivity index (χ4n) is 3.36. The maximum atomic E-state index is 13.2. The molecule has 0 bridgehead atoms. The van der Waals surface area contributed by atoms with Gasteiger partial charge in [-0.15, -0.1) is 0 Å². The number of rotatable bonds is 6. The highest BCUT2D eigenvalue weighted by atomic mass is 127. The highest BCUT2D eigenvalue weighted by Gasteiger charge is 2.16. The van der Waals surface area contributed by atoms with Crippen LogP contribution in [-0.2, 0) is 4.79 Å². The van der Waals surface area contributed by atoms with E-state index in [4.69, 9.17) is 4.74 Å². The predicted octanol–water partition coefficient (Wildman–Crippen LogP) is 5.86. The highest BCUT2D eigenvalue weighted by molar-refractivity contribution is 14.1. The van der Waals surface area contributed by atoms with Gasteiger partial charge in [0.15, 0.2) is 0 Å². The molecule has 164 valence electrons. The van der Waals surface area contributed by atoms with E-state index in [-0.39, 0.29) is 11.6 Å². The summed E-state index contributed by atoms with van der Waals surface area (Å²) < 4.78 is 6.22. The zero-order valence-electron chi connectivity index (χ0n) is 17.8. The molecule has 5 nitrogen and oxygen atoms in total. The van der Waals surface area contributed by atoms with Crippen molar-refractivity contribution in [1.82, 2.24) is 5.32 Å². The lowest BCUT2D eigenvalue weighted by Gasteiger charge is -2.12. The Bertz CT molecular complexity index is 1320. The minimum atomic E-state index is -0.411. The van der Waals surface area contributed by atoms with Gasteiger partial charge in [0.25, 0.3) is 11.8 Å². The van der Waals surface area contributed by atoms with Crippen molar-refractivity contribution in [1.29, 1.82) is 0 Å². The molecule has 0 aromatic heterocycles. The van der Waals surface area contributed by atoms with E-state index in [2.05, 4.69) is 33.2 Å². The summed E-state index contributed by atoms with van der Waals surface area (Å²) in [7, 11) is 1.56. The first-order chi connectivity index (χ1) is 16.0. The molecule has 0 heterocycles. The Morgan fingerprint density at radius 2 is 1.55 bits per heavy atom. The molecule has 6 heteroatoms. The Hall–Kier alpha value is -3.65. The molecule has 0 saturated carbocycles. The number of halogens is 1. The Labute approximate surface area is 205 Å². The van der Waals surface area contributed by atoms with Crippen molar-refractivity contribution >= 4 is 56.9 Å². The third kappa shape index (κ3) is 5.59. The van der Waals surface area contributed by atoms with E-state index < -0.39 is 5.91 Å². The van der Waals surface area contributed by atoms with Gasteiger partial charge in [-0.2, -0.15) is 0 Å². The monoisotopic (exact) mass is 548 g/mol. The number of methoxy groups -OCH3 is 1. The molecule has 4 aromatic carbocycles. The van der Waals surface area contributed by atoms with Crippen molar-refractivity contribution in [2.75, 3.05) is 12.4 Å².